The Morgan fingerprint density at radius 1 is 1.35 bits per heavy atom. The van der Waals surface area contributed by atoms with E-state index in [0.717, 1.165) is 38.2 Å². The monoisotopic (exact) mass is 314 g/mol. The van der Waals surface area contributed by atoms with E-state index in [0.29, 0.717) is 5.69 Å². The first-order chi connectivity index (χ1) is 11.1. The highest BCUT2D eigenvalue weighted by Crippen LogP contribution is 2.26. The highest BCUT2D eigenvalue weighted by atomic mass is 16.2. The number of likely N-dealkylation sites (tertiary alicyclic amines) is 1. The van der Waals surface area contributed by atoms with Gasteiger partial charge in [0.05, 0.1) is 12.4 Å². The average Bonchev–Trinajstić information content (AvgIpc) is 3.22. The minimum absolute atomic E-state index is 0.0700. The summed E-state index contributed by atoms with van der Waals surface area (Å²) >= 11 is 0. The number of amides is 1. The van der Waals surface area contributed by atoms with Crippen molar-refractivity contribution in [2.45, 2.75) is 31.3 Å². The van der Waals surface area contributed by atoms with Gasteiger partial charge in [0.15, 0.2) is 0 Å². The van der Waals surface area contributed by atoms with Crippen LogP contribution in [0.1, 0.15) is 34.2 Å². The Kier molecular flexibility index (Phi) is 3.45. The number of rotatable bonds is 3. The van der Waals surface area contributed by atoms with Crippen LogP contribution in [0.25, 0.3) is 0 Å². The molecule has 1 N–H and O–H groups in total. The zero-order valence-corrected chi connectivity index (χ0v) is 13.6. The summed E-state index contributed by atoms with van der Waals surface area (Å²) in [6.07, 6.45) is 5.85. The number of aromatic nitrogens is 4. The lowest BCUT2D eigenvalue weighted by molar-refractivity contribution is 0.0929. The van der Waals surface area contributed by atoms with Gasteiger partial charge < -0.3 is 14.8 Å². The molecule has 7 heteroatoms. The summed E-state index contributed by atoms with van der Waals surface area (Å²) in [6.45, 7) is 2.69. The molecule has 2 aromatic heterocycles. The summed E-state index contributed by atoms with van der Waals surface area (Å²) in [5.41, 5.74) is 2.87. The van der Waals surface area contributed by atoms with E-state index in [9.17, 15) is 4.79 Å². The van der Waals surface area contributed by atoms with Gasteiger partial charge in [0, 0.05) is 50.2 Å². The van der Waals surface area contributed by atoms with Crippen LogP contribution < -0.4 is 5.32 Å². The van der Waals surface area contributed by atoms with Crippen LogP contribution in [0.2, 0.25) is 0 Å². The van der Waals surface area contributed by atoms with Gasteiger partial charge in [0.2, 0.25) is 0 Å². The van der Waals surface area contributed by atoms with E-state index < -0.39 is 0 Å². The Morgan fingerprint density at radius 2 is 2.22 bits per heavy atom. The zero-order chi connectivity index (χ0) is 16.0. The molecule has 0 bridgehead atoms. The van der Waals surface area contributed by atoms with Crippen LogP contribution >= 0.6 is 0 Å². The van der Waals surface area contributed by atoms with Crippen molar-refractivity contribution in [2.24, 2.45) is 7.05 Å². The molecule has 7 nitrogen and oxygen atoms in total. The Hall–Kier alpha value is -2.15. The molecule has 0 unspecified atom stereocenters. The molecule has 0 radical (unpaired) electrons. The summed E-state index contributed by atoms with van der Waals surface area (Å²) in [6, 6.07) is 2.01. The first-order valence-electron chi connectivity index (χ1n) is 8.14. The Morgan fingerprint density at radius 3 is 2.96 bits per heavy atom. The molecule has 4 rings (SSSR count). The summed E-state index contributed by atoms with van der Waals surface area (Å²) in [4.78, 5) is 19.0. The van der Waals surface area contributed by atoms with Crippen LogP contribution in [0, 0.1) is 0 Å². The number of nitrogens with one attached hydrogen (secondary N) is 1. The number of carbonyl (C=O) groups excluding carboxylic acids is 1. The zero-order valence-electron chi connectivity index (χ0n) is 13.6. The van der Waals surface area contributed by atoms with E-state index in [1.807, 2.05) is 34.9 Å². The van der Waals surface area contributed by atoms with Crippen molar-refractivity contribution in [3.63, 3.8) is 0 Å². The second kappa shape index (κ2) is 5.49. The Bertz CT molecular complexity index is 711. The quantitative estimate of drug-likeness (QED) is 0.890. The standard InChI is InChI=1S/C16H22N6O/c1-20-8-12(15-7-17-10-21(15)2)14(9-20)18-16(23)13-6-11-4-3-5-22(11)19-13/h6-7,10,12,14H,3-5,8-9H2,1-2H3,(H,18,23)/t12-,14-/m1/s1. The van der Waals surface area contributed by atoms with Gasteiger partial charge in [-0.25, -0.2) is 4.98 Å². The van der Waals surface area contributed by atoms with E-state index in [4.69, 9.17) is 0 Å². The van der Waals surface area contributed by atoms with Crippen LogP contribution in [0.5, 0.6) is 0 Å². The first-order valence-corrected chi connectivity index (χ1v) is 8.14. The van der Waals surface area contributed by atoms with Gasteiger partial charge >= 0.3 is 0 Å². The number of imidazole rings is 1. The fraction of sp³-hybridized carbons (Fsp3) is 0.562. The lowest BCUT2D eigenvalue weighted by Gasteiger charge is -2.19. The molecule has 2 aliphatic heterocycles. The number of likely N-dealkylation sites (N-methyl/N-ethyl adjacent to an activating group) is 1. The van der Waals surface area contributed by atoms with E-state index in [1.165, 1.54) is 5.69 Å². The molecule has 0 saturated carbocycles. The van der Waals surface area contributed by atoms with Crippen LogP contribution in [0.4, 0.5) is 0 Å². The molecule has 122 valence electrons. The largest absolute Gasteiger partial charge is 0.346 e. The molecule has 0 aliphatic carbocycles. The maximum atomic E-state index is 12.6. The van der Waals surface area contributed by atoms with Crippen molar-refractivity contribution in [3.8, 4) is 0 Å². The third-order valence-electron chi connectivity index (χ3n) is 4.95. The first kappa shape index (κ1) is 14.4. The molecule has 2 aromatic rings. The van der Waals surface area contributed by atoms with Gasteiger partial charge in [-0.05, 0) is 26.0 Å². The van der Waals surface area contributed by atoms with E-state index in [1.54, 1.807) is 0 Å². The van der Waals surface area contributed by atoms with Gasteiger partial charge in [0.1, 0.15) is 5.69 Å². The molecule has 1 saturated heterocycles. The second-order valence-corrected chi connectivity index (χ2v) is 6.68. The molecular formula is C16H22N6O. The summed E-state index contributed by atoms with van der Waals surface area (Å²) in [5.74, 6) is 0.185. The predicted molar refractivity (Wildman–Crippen MR) is 85.2 cm³/mol. The molecule has 0 spiro atoms. The fourth-order valence-corrected chi connectivity index (χ4v) is 3.78. The Labute approximate surface area is 135 Å². The van der Waals surface area contributed by atoms with Crippen molar-refractivity contribution in [2.75, 3.05) is 20.1 Å². The third kappa shape index (κ3) is 2.55. The van der Waals surface area contributed by atoms with Crippen molar-refractivity contribution in [3.05, 3.63) is 35.7 Å². The van der Waals surface area contributed by atoms with Crippen molar-refractivity contribution in [1.29, 1.82) is 0 Å². The molecule has 0 aromatic carbocycles. The van der Waals surface area contributed by atoms with E-state index >= 15 is 0 Å². The molecule has 1 fully saturated rings. The molecule has 1 amide bonds. The van der Waals surface area contributed by atoms with E-state index in [2.05, 4.69) is 27.3 Å². The van der Waals surface area contributed by atoms with Gasteiger partial charge in [-0.1, -0.05) is 0 Å². The minimum Gasteiger partial charge on any atom is -0.346 e. The molecular weight excluding hydrogens is 292 g/mol. The predicted octanol–water partition coefficient (Wildman–Crippen LogP) is 0.390. The summed E-state index contributed by atoms with van der Waals surface area (Å²) < 4.78 is 3.99. The van der Waals surface area contributed by atoms with Crippen LogP contribution in [0.3, 0.4) is 0 Å². The molecule has 23 heavy (non-hydrogen) atoms. The topological polar surface area (TPSA) is 68.0 Å². The molecule has 4 heterocycles. The normalized spacial score (nSPS) is 24.1. The second-order valence-electron chi connectivity index (χ2n) is 6.68. The van der Waals surface area contributed by atoms with Gasteiger partial charge in [0.25, 0.3) is 5.91 Å². The van der Waals surface area contributed by atoms with Crippen molar-refractivity contribution in [1.82, 2.24) is 29.5 Å². The number of aryl methyl sites for hydroxylation is 3. The summed E-state index contributed by atoms with van der Waals surface area (Å²) in [5, 5.41) is 7.61. The van der Waals surface area contributed by atoms with Crippen molar-refractivity contribution >= 4 is 5.91 Å². The van der Waals surface area contributed by atoms with Gasteiger partial charge in [-0.2, -0.15) is 5.10 Å². The molecule has 2 aliphatic rings. The minimum atomic E-state index is -0.0700. The third-order valence-corrected chi connectivity index (χ3v) is 4.95. The molecule has 2 atom stereocenters. The fourth-order valence-electron chi connectivity index (χ4n) is 3.78. The Balaban J connectivity index is 1.52. The van der Waals surface area contributed by atoms with Crippen LogP contribution in [0.15, 0.2) is 18.6 Å². The highest BCUT2D eigenvalue weighted by Gasteiger charge is 2.35. The average molecular weight is 314 g/mol. The lowest BCUT2D eigenvalue weighted by Crippen LogP contribution is -2.40. The van der Waals surface area contributed by atoms with Gasteiger partial charge in [-0.15, -0.1) is 0 Å². The van der Waals surface area contributed by atoms with Crippen LogP contribution in [-0.2, 0) is 20.0 Å². The number of carbonyl (C=O) groups is 1. The van der Waals surface area contributed by atoms with Crippen molar-refractivity contribution < 1.29 is 4.79 Å². The van der Waals surface area contributed by atoms with Gasteiger partial charge in [-0.3, -0.25) is 9.48 Å². The number of hydrogen-bond acceptors (Lipinski definition) is 4. The summed E-state index contributed by atoms with van der Waals surface area (Å²) in [7, 11) is 4.08. The lowest BCUT2D eigenvalue weighted by atomic mass is 10.00. The van der Waals surface area contributed by atoms with E-state index in [-0.39, 0.29) is 17.9 Å². The number of hydrogen-bond donors (Lipinski definition) is 1. The maximum Gasteiger partial charge on any atom is 0.272 e. The number of fused-ring (bicyclic) bond motifs is 1. The highest BCUT2D eigenvalue weighted by molar-refractivity contribution is 5.92. The maximum absolute atomic E-state index is 12.6. The SMILES string of the molecule is CN1C[C@@H](NC(=O)c2cc3n(n2)CCC3)[C@H](c2cncn2C)C1. The smallest absolute Gasteiger partial charge is 0.272 e. The van der Waals surface area contributed by atoms with Crippen LogP contribution in [-0.4, -0.2) is 56.3 Å². The number of nitrogens with zero attached hydrogens (tertiary/aromatic N) is 5.